The Morgan fingerprint density at radius 1 is 0.846 bits per heavy atom. The smallest absolute Gasteiger partial charge is 0.0313 e. The predicted octanol–water partition coefficient (Wildman–Crippen LogP) is 3.77. The fourth-order valence-corrected chi connectivity index (χ4v) is 0.453. The first-order chi connectivity index (χ1) is 5.39. The van der Waals surface area contributed by atoms with E-state index in [0.29, 0.717) is 0 Å². The Morgan fingerprint density at radius 3 is 1.31 bits per heavy atom. The Kier molecular flexibility index (Phi) is 40.5. The third kappa shape index (κ3) is 18.8. The minimum Gasteiger partial charge on any atom is -0.399 e. The number of nitrogens with two attached hydrogens (primary N) is 1. The second-order valence-corrected chi connectivity index (χ2v) is 1.41. The Labute approximate surface area is 109 Å². The summed E-state index contributed by atoms with van der Waals surface area (Å²) in [4.78, 5) is 0. The molecule has 1 rings (SSSR count). The zero-order valence-electron chi connectivity index (χ0n) is 9.54. The zero-order valence-corrected chi connectivity index (χ0v) is 12.4. The third-order valence-electron chi connectivity index (χ3n) is 0.800. The van der Waals surface area contributed by atoms with E-state index < -0.39 is 0 Å². The van der Waals surface area contributed by atoms with E-state index in [9.17, 15) is 0 Å². The van der Waals surface area contributed by atoms with Crippen molar-refractivity contribution in [2.24, 2.45) is 0 Å². The summed E-state index contributed by atoms with van der Waals surface area (Å²) in [7, 11) is 0. The Hall–Kier alpha value is 0.124. The van der Waals surface area contributed by atoms with Crippen LogP contribution in [0.15, 0.2) is 30.3 Å². The maximum Gasteiger partial charge on any atom is 0.0313 e. The molecule has 1 aromatic carbocycles. The second kappa shape index (κ2) is 22.7. The molecule has 0 saturated heterocycles. The predicted molar refractivity (Wildman–Crippen MR) is 60.0 cm³/mol. The van der Waals surface area contributed by atoms with Crippen LogP contribution < -0.4 is 5.73 Å². The van der Waals surface area contributed by atoms with Crippen LogP contribution in [0, 0.1) is 7.43 Å². The molecule has 0 aliphatic carbocycles. The van der Waals surface area contributed by atoms with Crippen LogP contribution in [0.3, 0.4) is 0 Å². The first-order valence-electron chi connectivity index (χ1n) is 4.20. The molecule has 75 valence electrons. The molecular weight excluding hydrogens is 235 g/mol. The van der Waals surface area contributed by atoms with Crippen molar-refractivity contribution in [3.05, 3.63) is 37.8 Å². The molecule has 0 spiro atoms. The fourth-order valence-electron chi connectivity index (χ4n) is 0.453. The van der Waals surface area contributed by atoms with E-state index >= 15 is 0 Å². The number of benzene rings is 1. The molecule has 0 unspecified atom stereocenters. The number of para-hydroxylation sites is 1. The average molecular weight is 257 g/mol. The monoisotopic (exact) mass is 257 g/mol. The second-order valence-electron chi connectivity index (χ2n) is 1.41. The Morgan fingerprint density at radius 2 is 1.15 bits per heavy atom. The van der Waals surface area contributed by atoms with E-state index in [2.05, 4.69) is 0 Å². The minimum atomic E-state index is 0. The molecule has 0 fully saturated rings. The molecule has 1 radical (unpaired) electrons. The van der Waals surface area contributed by atoms with Crippen LogP contribution in [0.5, 0.6) is 0 Å². The summed E-state index contributed by atoms with van der Waals surface area (Å²) in [5, 5.41) is 0. The number of hydrogen-bond acceptors (Lipinski definition) is 1. The largest absolute Gasteiger partial charge is 0.399 e. The van der Waals surface area contributed by atoms with E-state index in [-0.39, 0.29) is 40.1 Å². The topological polar surface area (TPSA) is 26.0 Å². The molecule has 13 heavy (non-hydrogen) atoms. The van der Waals surface area contributed by atoms with Gasteiger partial charge >= 0.3 is 0 Å². The summed E-state index contributed by atoms with van der Waals surface area (Å²) in [6.07, 6.45) is 0. The van der Waals surface area contributed by atoms with Crippen molar-refractivity contribution >= 4 is 5.69 Å². The number of rotatable bonds is 0. The van der Waals surface area contributed by atoms with Crippen molar-refractivity contribution in [1.82, 2.24) is 0 Å². The molecule has 0 bridgehead atoms. The maximum absolute atomic E-state index is 5.36. The molecule has 0 aliphatic heterocycles. The van der Waals surface area contributed by atoms with Gasteiger partial charge < -0.3 is 13.2 Å². The van der Waals surface area contributed by atoms with Gasteiger partial charge in [-0.05, 0) is 12.1 Å². The minimum absolute atomic E-state index is 0. The molecule has 0 aromatic heterocycles. The van der Waals surface area contributed by atoms with Crippen LogP contribution in [-0.2, 0) is 32.7 Å². The molecule has 0 amide bonds. The normalized spacial score (nSPS) is 5.54. The van der Waals surface area contributed by atoms with E-state index in [1.807, 2.05) is 58.0 Å². The van der Waals surface area contributed by atoms with Crippen LogP contribution in [0.2, 0.25) is 0 Å². The molecule has 0 heterocycles. The summed E-state index contributed by atoms with van der Waals surface area (Å²) in [6.45, 7) is 8.00. The number of nitrogen functional groups attached to an aromatic ring is 1. The number of anilines is 1. The van der Waals surface area contributed by atoms with Crippen molar-refractivity contribution in [1.29, 1.82) is 0 Å². The molecule has 0 aliphatic rings. The molecule has 0 atom stereocenters. The van der Waals surface area contributed by atoms with Gasteiger partial charge in [0.1, 0.15) is 0 Å². The molecule has 0 saturated carbocycles. The van der Waals surface area contributed by atoms with Crippen molar-refractivity contribution in [2.45, 2.75) is 27.7 Å². The van der Waals surface area contributed by atoms with Gasteiger partial charge in [0.2, 0.25) is 0 Å². The van der Waals surface area contributed by atoms with Gasteiger partial charge in [-0.15, -0.1) is 0 Å². The fraction of sp³-hybridized carbons (Fsp3) is 0.364. The SMILES string of the molecule is CC.CC.Nc1ccccc1.[CH3-].[Y]. The van der Waals surface area contributed by atoms with Gasteiger partial charge in [0.05, 0.1) is 0 Å². The van der Waals surface area contributed by atoms with Crippen LogP contribution in [0.25, 0.3) is 0 Å². The molecule has 1 aromatic rings. The summed E-state index contributed by atoms with van der Waals surface area (Å²) < 4.78 is 0. The van der Waals surface area contributed by atoms with E-state index in [1.54, 1.807) is 0 Å². The van der Waals surface area contributed by atoms with Gasteiger partial charge in [-0.3, -0.25) is 0 Å². The maximum atomic E-state index is 5.36. The summed E-state index contributed by atoms with van der Waals surface area (Å²) in [5.74, 6) is 0. The first-order valence-corrected chi connectivity index (χ1v) is 4.20. The Balaban J connectivity index is -0.0000000607. The van der Waals surface area contributed by atoms with Crippen molar-refractivity contribution < 1.29 is 32.7 Å². The van der Waals surface area contributed by atoms with Gasteiger partial charge in [0.25, 0.3) is 0 Å². The molecule has 2 N–H and O–H groups in total. The van der Waals surface area contributed by atoms with Gasteiger partial charge in [-0.2, -0.15) is 0 Å². The van der Waals surface area contributed by atoms with Crippen LogP contribution in [-0.4, -0.2) is 0 Å². The summed E-state index contributed by atoms with van der Waals surface area (Å²) in [5.41, 5.74) is 6.18. The van der Waals surface area contributed by atoms with E-state index in [4.69, 9.17) is 5.73 Å². The van der Waals surface area contributed by atoms with Gasteiger partial charge in [0, 0.05) is 38.4 Å². The third-order valence-corrected chi connectivity index (χ3v) is 0.800. The van der Waals surface area contributed by atoms with Crippen LogP contribution in [0.1, 0.15) is 27.7 Å². The van der Waals surface area contributed by atoms with Crippen molar-refractivity contribution in [2.75, 3.05) is 5.73 Å². The van der Waals surface area contributed by atoms with Gasteiger partial charge in [-0.25, -0.2) is 0 Å². The molecular formula is C11H22NY-. The average Bonchev–Trinajstić information content (AvgIpc) is 2.13. The van der Waals surface area contributed by atoms with Crippen LogP contribution in [0.4, 0.5) is 5.69 Å². The summed E-state index contributed by atoms with van der Waals surface area (Å²) in [6, 6.07) is 9.49. The summed E-state index contributed by atoms with van der Waals surface area (Å²) >= 11 is 0. The van der Waals surface area contributed by atoms with Crippen molar-refractivity contribution in [3.63, 3.8) is 0 Å². The van der Waals surface area contributed by atoms with Gasteiger partial charge in [0.15, 0.2) is 0 Å². The first kappa shape index (κ1) is 23.2. The Bertz CT molecular complexity index is 140. The van der Waals surface area contributed by atoms with Gasteiger partial charge in [-0.1, -0.05) is 45.9 Å². The molecule has 2 heteroatoms. The van der Waals surface area contributed by atoms with Crippen molar-refractivity contribution in [3.8, 4) is 0 Å². The van der Waals surface area contributed by atoms with Crippen LogP contribution >= 0.6 is 0 Å². The van der Waals surface area contributed by atoms with E-state index in [1.165, 1.54) is 0 Å². The standard InChI is InChI=1S/C6H7N.2C2H6.CH3.Y/c7-6-4-2-1-3-5-6;2*1-2;;/h1-5H,7H2;2*1-2H3;1H3;/q;;;-1;. The quantitative estimate of drug-likeness (QED) is 0.555. The molecule has 1 nitrogen and oxygen atoms in total. The van der Waals surface area contributed by atoms with E-state index in [0.717, 1.165) is 5.69 Å². The zero-order chi connectivity index (χ0) is 9.11. The number of hydrogen-bond donors (Lipinski definition) is 1.